The number of phenolic OH excluding ortho intramolecular Hbond substituents is 1. The lowest BCUT2D eigenvalue weighted by Crippen LogP contribution is -2.09. The third-order valence-electron chi connectivity index (χ3n) is 7.70. The van der Waals surface area contributed by atoms with Crippen molar-refractivity contribution in [2.24, 2.45) is 0 Å². The Kier molecular flexibility index (Phi) is 11.1. The van der Waals surface area contributed by atoms with Gasteiger partial charge in [-0.25, -0.2) is 0 Å². The fourth-order valence-electron chi connectivity index (χ4n) is 5.33. The van der Waals surface area contributed by atoms with Gasteiger partial charge >= 0.3 is 0 Å². The molecule has 2 heteroatoms. The predicted octanol–water partition coefficient (Wildman–Crippen LogP) is 9.56. The molecule has 2 aromatic rings. The molecule has 0 bridgehead atoms. The van der Waals surface area contributed by atoms with Crippen LogP contribution in [-0.4, -0.2) is 10.9 Å². The highest BCUT2D eigenvalue weighted by molar-refractivity contribution is 6.08. The minimum atomic E-state index is -0.0117. The number of phenols is 1. The van der Waals surface area contributed by atoms with Crippen LogP contribution in [0.3, 0.4) is 0 Å². The van der Waals surface area contributed by atoms with Crippen molar-refractivity contribution in [2.75, 3.05) is 0 Å². The number of aryl methyl sites for hydroxylation is 1. The van der Waals surface area contributed by atoms with Crippen LogP contribution in [0.5, 0.6) is 5.75 Å². The molecule has 1 N–H and O–H groups in total. The first-order chi connectivity index (χ1) is 16.4. The fraction of sp³-hybridized carbons (Fsp3) is 0.531. The maximum atomic E-state index is 13.7. The van der Waals surface area contributed by atoms with Crippen molar-refractivity contribution in [1.82, 2.24) is 0 Å². The van der Waals surface area contributed by atoms with Gasteiger partial charge in [-0.1, -0.05) is 72.7 Å². The fourth-order valence-corrected chi connectivity index (χ4v) is 5.33. The van der Waals surface area contributed by atoms with Crippen LogP contribution >= 0.6 is 0 Å². The molecular formula is C32H46O2. The van der Waals surface area contributed by atoms with E-state index in [1.807, 2.05) is 12.1 Å². The predicted molar refractivity (Wildman–Crippen MR) is 147 cm³/mol. The quantitative estimate of drug-likeness (QED) is 0.238. The molecule has 0 heterocycles. The molecule has 0 atom stereocenters. The van der Waals surface area contributed by atoms with Gasteiger partial charge < -0.3 is 5.11 Å². The number of allylic oxidation sites excluding steroid dienone is 1. The lowest BCUT2D eigenvalue weighted by Gasteiger charge is -2.22. The maximum absolute atomic E-state index is 13.7. The third-order valence-corrected chi connectivity index (χ3v) is 7.70. The number of hydrogen-bond acceptors (Lipinski definition) is 2. The van der Waals surface area contributed by atoms with Gasteiger partial charge in [-0.05, 0) is 103 Å². The Morgan fingerprint density at radius 3 is 1.91 bits per heavy atom. The average Bonchev–Trinajstić information content (AvgIpc) is 2.86. The number of ketones is 1. The van der Waals surface area contributed by atoms with E-state index in [0.717, 1.165) is 61.6 Å². The van der Waals surface area contributed by atoms with Crippen LogP contribution in [0.2, 0.25) is 0 Å². The van der Waals surface area contributed by atoms with Gasteiger partial charge in [-0.15, -0.1) is 0 Å². The van der Waals surface area contributed by atoms with Crippen molar-refractivity contribution in [3.05, 3.63) is 69.8 Å². The second-order valence-corrected chi connectivity index (χ2v) is 9.56. The number of benzene rings is 2. The lowest BCUT2D eigenvalue weighted by atomic mass is 9.83. The van der Waals surface area contributed by atoms with Gasteiger partial charge in [0.05, 0.1) is 0 Å². The standard InChI is InChI=1S/C32H46O2/c1-8-22-15-17-28(24(11-4)12-5)26(19-22)16-18-30(33)29-20-27(23(9-2)10-3)21-31(34)32(29)25(13-6)14-7/h15-21,23-25,34H,8-14H2,1-7H3/b18-16+. The molecule has 0 fully saturated rings. The number of carbonyl (C=O) groups excluding carboxylic acids is 1. The van der Waals surface area contributed by atoms with E-state index in [1.54, 1.807) is 6.08 Å². The highest BCUT2D eigenvalue weighted by Crippen LogP contribution is 2.38. The number of rotatable bonds is 13. The van der Waals surface area contributed by atoms with Crippen LogP contribution < -0.4 is 0 Å². The summed E-state index contributed by atoms with van der Waals surface area (Å²) >= 11 is 0. The van der Waals surface area contributed by atoms with Crippen molar-refractivity contribution in [1.29, 1.82) is 0 Å². The van der Waals surface area contributed by atoms with Gasteiger partial charge in [0.15, 0.2) is 5.78 Å². The van der Waals surface area contributed by atoms with Gasteiger partial charge in [-0.2, -0.15) is 0 Å². The number of carbonyl (C=O) groups is 1. The molecule has 0 radical (unpaired) electrons. The molecule has 0 aliphatic carbocycles. The molecule has 186 valence electrons. The SMILES string of the molecule is CCc1ccc(C(CC)CC)c(/C=C/C(=O)c2cc(C(CC)CC)cc(O)c2C(CC)CC)c1. The van der Waals surface area contributed by atoms with Gasteiger partial charge in [-0.3, -0.25) is 4.79 Å². The van der Waals surface area contributed by atoms with E-state index in [9.17, 15) is 9.90 Å². The largest absolute Gasteiger partial charge is 0.508 e. The van der Waals surface area contributed by atoms with E-state index >= 15 is 0 Å². The molecule has 2 rings (SSSR count). The van der Waals surface area contributed by atoms with E-state index in [0.29, 0.717) is 17.4 Å². The summed E-state index contributed by atoms with van der Waals surface area (Å²) in [5, 5.41) is 11.1. The normalized spacial score (nSPS) is 11.9. The Bertz CT molecular complexity index is 957. The zero-order chi connectivity index (χ0) is 25.3. The molecule has 34 heavy (non-hydrogen) atoms. The van der Waals surface area contributed by atoms with Crippen LogP contribution in [0.15, 0.2) is 36.4 Å². The summed E-state index contributed by atoms with van der Waals surface area (Å²) in [7, 11) is 0. The zero-order valence-electron chi connectivity index (χ0n) is 22.6. The Balaban J connectivity index is 2.60. The van der Waals surface area contributed by atoms with Crippen LogP contribution in [0.4, 0.5) is 0 Å². The molecule has 0 saturated carbocycles. The maximum Gasteiger partial charge on any atom is 0.186 e. The minimum absolute atomic E-state index is 0.0117. The molecule has 0 saturated heterocycles. The summed E-state index contributed by atoms with van der Waals surface area (Å²) in [4.78, 5) is 13.7. The number of hydrogen-bond donors (Lipinski definition) is 1. The monoisotopic (exact) mass is 462 g/mol. The van der Waals surface area contributed by atoms with Gasteiger partial charge in [0.25, 0.3) is 0 Å². The highest BCUT2D eigenvalue weighted by atomic mass is 16.3. The van der Waals surface area contributed by atoms with Crippen LogP contribution in [0, 0.1) is 0 Å². The van der Waals surface area contributed by atoms with E-state index in [-0.39, 0.29) is 17.5 Å². The lowest BCUT2D eigenvalue weighted by molar-refractivity contribution is 0.104. The molecule has 0 unspecified atom stereocenters. The van der Waals surface area contributed by atoms with Crippen molar-refractivity contribution < 1.29 is 9.90 Å². The molecule has 0 aromatic heterocycles. The molecule has 0 aliphatic heterocycles. The zero-order valence-corrected chi connectivity index (χ0v) is 22.6. The van der Waals surface area contributed by atoms with Crippen molar-refractivity contribution in [3.8, 4) is 5.75 Å². The summed E-state index contributed by atoms with van der Waals surface area (Å²) in [6.45, 7) is 15.2. The Hall–Kier alpha value is -2.35. The molecule has 2 nitrogen and oxygen atoms in total. The Morgan fingerprint density at radius 1 is 0.794 bits per heavy atom. The molecule has 0 spiro atoms. The molecule has 2 aromatic carbocycles. The van der Waals surface area contributed by atoms with Crippen molar-refractivity contribution in [3.63, 3.8) is 0 Å². The Labute approximate surface area is 208 Å². The summed E-state index contributed by atoms with van der Waals surface area (Å²) < 4.78 is 0. The third kappa shape index (κ3) is 6.40. The van der Waals surface area contributed by atoms with Crippen molar-refractivity contribution in [2.45, 2.75) is 111 Å². The van der Waals surface area contributed by atoms with Gasteiger partial charge in [0.2, 0.25) is 0 Å². The first-order valence-corrected chi connectivity index (χ1v) is 13.6. The van der Waals surface area contributed by atoms with E-state index in [4.69, 9.17) is 0 Å². The molecule has 0 aliphatic rings. The summed E-state index contributed by atoms with van der Waals surface area (Å²) in [5.41, 5.74) is 6.30. The Morgan fingerprint density at radius 2 is 1.38 bits per heavy atom. The van der Waals surface area contributed by atoms with E-state index < -0.39 is 0 Å². The topological polar surface area (TPSA) is 37.3 Å². The smallest absolute Gasteiger partial charge is 0.186 e. The summed E-state index contributed by atoms with van der Waals surface area (Å²) in [5.74, 6) is 1.28. The van der Waals surface area contributed by atoms with Crippen molar-refractivity contribution >= 4 is 11.9 Å². The summed E-state index contributed by atoms with van der Waals surface area (Å²) in [6, 6.07) is 10.7. The van der Waals surface area contributed by atoms with Gasteiger partial charge in [0.1, 0.15) is 5.75 Å². The average molecular weight is 463 g/mol. The van der Waals surface area contributed by atoms with Crippen LogP contribution in [-0.2, 0) is 6.42 Å². The first-order valence-electron chi connectivity index (χ1n) is 13.6. The van der Waals surface area contributed by atoms with Crippen LogP contribution in [0.25, 0.3) is 6.08 Å². The second kappa shape index (κ2) is 13.5. The summed E-state index contributed by atoms with van der Waals surface area (Å²) in [6.07, 6.45) is 10.7. The minimum Gasteiger partial charge on any atom is -0.508 e. The number of aromatic hydroxyl groups is 1. The highest BCUT2D eigenvalue weighted by Gasteiger charge is 2.23. The van der Waals surface area contributed by atoms with E-state index in [1.165, 1.54) is 11.1 Å². The second-order valence-electron chi connectivity index (χ2n) is 9.56. The van der Waals surface area contributed by atoms with E-state index in [2.05, 4.69) is 72.7 Å². The van der Waals surface area contributed by atoms with Crippen LogP contribution in [0.1, 0.15) is 143 Å². The molecular weight excluding hydrogens is 416 g/mol. The first kappa shape index (κ1) is 27.9. The molecule has 0 amide bonds. The van der Waals surface area contributed by atoms with Gasteiger partial charge in [0, 0.05) is 11.1 Å².